The maximum absolute atomic E-state index is 12.7. The Morgan fingerprint density at radius 3 is 1.81 bits per heavy atom. The van der Waals surface area contributed by atoms with E-state index in [9.17, 15) is 18.0 Å². The van der Waals surface area contributed by atoms with Gasteiger partial charge in [-0.2, -0.15) is 0 Å². The Morgan fingerprint density at radius 1 is 0.815 bits per heavy atom. The standard InChI is InChI=1S/C19H23N3O4S/c1-19(2,3)21-18(24)13-9-5-7-11-15(13)20-17(23)14-10-6-8-12-16(14)22-27(4,25)26/h5-12,22H,1-4H3,(H,20,23)(H,21,24). The molecule has 2 rings (SSSR count). The Balaban J connectivity index is 2.32. The fourth-order valence-corrected chi connectivity index (χ4v) is 2.94. The largest absolute Gasteiger partial charge is 0.347 e. The van der Waals surface area contributed by atoms with E-state index in [4.69, 9.17) is 0 Å². The molecule has 0 unspecified atom stereocenters. The molecule has 0 saturated heterocycles. The van der Waals surface area contributed by atoms with Crippen molar-refractivity contribution < 1.29 is 18.0 Å². The minimum atomic E-state index is -3.54. The van der Waals surface area contributed by atoms with Crippen LogP contribution in [0.1, 0.15) is 41.5 Å². The predicted molar refractivity (Wildman–Crippen MR) is 107 cm³/mol. The number of amides is 2. The van der Waals surface area contributed by atoms with Crippen molar-refractivity contribution in [3.05, 3.63) is 59.7 Å². The number of para-hydroxylation sites is 2. The average molecular weight is 389 g/mol. The first-order valence-corrected chi connectivity index (χ1v) is 10.2. The molecule has 0 fully saturated rings. The summed E-state index contributed by atoms with van der Waals surface area (Å²) in [5.41, 5.74) is 0.524. The topological polar surface area (TPSA) is 104 Å². The van der Waals surface area contributed by atoms with E-state index < -0.39 is 21.5 Å². The van der Waals surface area contributed by atoms with Crippen molar-refractivity contribution in [2.24, 2.45) is 0 Å². The number of anilines is 2. The molecule has 3 N–H and O–H groups in total. The zero-order valence-electron chi connectivity index (χ0n) is 15.7. The van der Waals surface area contributed by atoms with Gasteiger partial charge in [-0.25, -0.2) is 8.42 Å². The second-order valence-electron chi connectivity index (χ2n) is 7.12. The molecule has 0 radical (unpaired) electrons. The number of rotatable bonds is 5. The van der Waals surface area contributed by atoms with Gasteiger partial charge in [0.1, 0.15) is 0 Å². The number of benzene rings is 2. The van der Waals surface area contributed by atoms with E-state index in [2.05, 4.69) is 15.4 Å². The maximum atomic E-state index is 12.7. The van der Waals surface area contributed by atoms with Crippen molar-refractivity contribution in [2.45, 2.75) is 26.3 Å². The van der Waals surface area contributed by atoms with Crippen molar-refractivity contribution in [3.63, 3.8) is 0 Å². The van der Waals surface area contributed by atoms with E-state index in [1.165, 1.54) is 12.1 Å². The summed E-state index contributed by atoms with van der Waals surface area (Å²) in [7, 11) is -3.54. The lowest BCUT2D eigenvalue weighted by molar-refractivity contribution is 0.0920. The number of nitrogens with one attached hydrogen (secondary N) is 3. The Morgan fingerprint density at radius 2 is 1.30 bits per heavy atom. The Bertz CT molecular complexity index is 963. The van der Waals surface area contributed by atoms with Gasteiger partial charge in [0.15, 0.2) is 0 Å². The summed E-state index contributed by atoms with van der Waals surface area (Å²) in [5, 5.41) is 5.53. The van der Waals surface area contributed by atoms with Crippen LogP contribution >= 0.6 is 0 Å². The van der Waals surface area contributed by atoms with Crippen LogP contribution in [0.4, 0.5) is 11.4 Å². The summed E-state index contributed by atoms with van der Waals surface area (Å²) in [6.07, 6.45) is 1.01. The van der Waals surface area contributed by atoms with Crippen molar-refractivity contribution in [1.82, 2.24) is 5.32 Å². The molecule has 8 heteroatoms. The number of sulfonamides is 1. The molecule has 0 bridgehead atoms. The monoisotopic (exact) mass is 389 g/mol. The lowest BCUT2D eigenvalue weighted by Gasteiger charge is -2.21. The van der Waals surface area contributed by atoms with E-state index in [0.29, 0.717) is 11.3 Å². The Hall–Kier alpha value is -2.87. The van der Waals surface area contributed by atoms with Gasteiger partial charge < -0.3 is 10.6 Å². The summed E-state index contributed by atoms with van der Waals surface area (Å²) in [6.45, 7) is 5.58. The van der Waals surface area contributed by atoms with Gasteiger partial charge in [0, 0.05) is 5.54 Å². The molecule has 7 nitrogen and oxygen atoms in total. The molecule has 2 aromatic rings. The van der Waals surface area contributed by atoms with Crippen molar-refractivity contribution in [1.29, 1.82) is 0 Å². The van der Waals surface area contributed by atoms with Crippen LogP contribution in [0.25, 0.3) is 0 Å². The second-order valence-corrected chi connectivity index (χ2v) is 8.87. The van der Waals surface area contributed by atoms with Crippen LogP contribution in [-0.2, 0) is 10.0 Å². The zero-order chi connectivity index (χ0) is 20.2. The van der Waals surface area contributed by atoms with E-state index >= 15 is 0 Å². The zero-order valence-corrected chi connectivity index (χ0v) is 16.5. The third kappa shape index (κ3) is 6.10. The van der Waals surface area contributed by atoms with Crippen LogP contribution in [-0.4, -0.2) is 32.0 Å². The van der Waals surface area contributed by atoms with Crippen molar-refractivity contribution in [2.75, 3.05) is 16.3 Å². The normalized spacial score (nSPS) is 11.6. The quantitative estimate of drug-likeness (QED) is 0.731. The van der Waals surface area contributed by atoms with Crippen molar-refractivity contribution >= 4 is 33.2 Å². The van der Waals surface area contributed by atoms with E-state index in [1.54, 1.807) is 36.4 Å². The molecular weight excluding hydrogens is 366 g/mol. The van der Waals surface area contributed by atoms with Crippen molar-refractivity contribution in [3.8, 4) is 0 Å². The lowest BCUT2D eigenvalue weighted by atomic mass is 10.1. The van der Waals surface area contributed by atoms with Gasteiger partial charge in [-0.1, -0.05) is 24.3 Å². The average Bonchev–Trinajstić information content (AvgIpc) is 2.52. The molecule has 2 amide bonds. The minimum Gasteiger partial charge on any atom is -0.347 e. The van der Waals surface area contributed by atoms with Gasteiger partial charge in [-0.3, -0.25) is 14.3 Å². The minimum absolute atomic E-state index is 0.147. The van der Waals surface area contributed by atoms with E-state index in [0.717, 1.165) is 6.26 Å². The molecule has 0 aliphatic carbocycles. The van der Waals surface area contributed by atoms with Gasteiger partial charge in [0.05, 0.1) is 28.8 Å². The third-order valence-electron chi connectivity index (χ3n) is 3.38. The first-order chi connectivity index (χ1) is 12.5. The highest BCUT2D eigenvalue weighted by atomic mass is 32.2. The Labute approximate surface area is 159 Å². The van der Waals surface area contributed by atoms with Crippen LogP contribution < -0.4 is 15.4 Å². The molecule has 144 valence electrons. The summed E-state index contributed by atoms with van der Waals surface area (Å²) in [6, 6.07) is 12.9. The highest BCUT2D eigenvalue weighted by Crippen LogP contribution is 2.21. The van der Waals surface area contributed by atoms with Gasteiger partial charge in [0.25, 0.3) is 11.8 Å². The first-order valence-electron chi connectivity index (χ1n) is 8.26. The number of hydrogen-bond acceptors (Lipinski definition) is 4. The lowest BCUT2D eigenvalue weighted by Crippen LogP contribution is -2.40. The van der Waals surface area contributed by atoms with Gasteiger partial charge in [-0.15, -0.1) is 0 Å². The first kappa shape index (κ1) is 20.4. The second kappa shape index (κ2) is 7.79. The van der Waals surface area contributed by atoms with E-state index in [1.807, 2.05) is 20.8 Å². The predicted octanol–water partition coefficient (Wildman–Crippen LogP) is 2.84. The molecule has 0 aliphatic rings. The van der Waals surface area contributed by atoms with Gasteiger partial charge >= 0.3 is 0 Å². The fraction of sp³-hybridized carbons (Fsp3) is 0.263. The molecule has 27 heavy (non-hydrogen) atoms. The molecule has 2 aromatic carbocycles. The number of hydrogen-bond donors (Lipinski definition) is 3. The summed E-state index contributed by atoms with van der Waals surface area (Å²) >= 11 is 0. The van der Waals surface area contributed by atoms with E-state index in [-0.39, 0.29) is 17.2 Å². The third-order valence-corrected chi connectivity index (χ3v) is 3.97. The molecular formula is C19H23N3O4S. The molecule has 0 atom stereocenters. The van der Waals surface area contributed by atoms with Gasteiger partial charge in [0.2, 0.25) is 10.0 Å². The smallest absolute Gasteiger partial charge is 0.257 e. The molecule has 0 aliphatic heterocycles. The fourth-order valence-electron chi connectivity index (χ4n) is 2.36. The highest BCUT2D eigenvalue weighted by molar-refractivity contribution is 7.92. The summed E-state index contributed by atoms with van der Waals surface area (Å²) < 4.78 is 25.3. The van der Waals surface area contributed by atoms with Crippen LogP contribution in [0.3, 0.4) is 0 Å². The maximum Gasteiger partial charge on any atom is 0.257 e. The number of carbonyl (C=O) groups excluding carboxylic acids is 2. The molecule has 0 heterocycles. The number of carbonyl (C=O) groups is 2. The molecule has 0 spiro atoms. The summed E-state index contributed by atoms with van der Waals surface area (Å²) in [5.74, 6) is -0.848. The van der Waals surface area contributed by atoms with Crippen LogP contribution in [0, 0.1) is 0 Å². The SMILES string of the molecule is CC(C)(C)NC(=O)c1ccccc1NC(=O)c1ccccc1NS(C)(=O)=O. The van der Waals surface area contributed by atoms with Crippen LogP contribution in [0.15, 0.2) is 48.5 Å². The van der Waals surface area contributed by atoms with Crippen LogP contribution in [0.5, 0.6) is 0 Å². The molecule has 0 aromatic heterocycles. The highest BCUT2D eigenvalue weighted by Gasteiger charge is 2.20. The van der Waals surface area contributed by atoms with Gasteiger partial charge in [-0.05, 0) is 45.0 Å². The Kier molecular flexibility index (Phi) is 5.90. The molecule has 0 saturated carbocycles. The van der Waals surface area contributed by atoms with Crippen LogP contribution in [0.2, 0.25) is 0 Å². The summed E-state index contributed by atoms with van der Waals surface area (Å²) in [4.78, 5) is 25.2.